The van der Waals surface area contributed by atoms with Crippen molar-refractivity contribution in [2.75, 3.05) is 6.61 Å². The highest BCUT2D eigenvalue weighted by atomic mass is 19.1. The van der Waals surface area contributed by atoms with Crippen LogP contribution >= 0.6 is 0 Å². The number of halogens is 1. The molecule has 0 N–H and O–H groups in total. The van der Waals surface area contributed by atoms with Crippen molar-refractivity contribution in [3.8, 4) is 22.8 Å². The molecule has 0 spiro atoms. The van der Waals surface area contributed by atoms with Crippen molar-refractivity contribution in [1.82, 2.24) is 14.8 Å². The molecule has 0 bridgehead atoms. The van der Waals surface area contributed by atoms with Crippen LogP contribution in [0.5, 0.6) is 11.5 Å². The van der Waals surface area contributed by atoms with Crippen LogP contribution in [-0.4, -0.2) is 27.3 Å². The Morgan fingerprint density at radius 1 is 1.43 bits per heavy atom. The van der Waals surface area contributed by atoms with Crippen LogP contribution in [0.4, 0.5) is 4.39 Å². The van der Waals surface area contributed by atoms with Crippen molar-refractivity contribution in [2.45, 2.75) is 6.92 Å². The van der Waals surface area contributed by atoms with E-state index in [1.165, 1.54) is 24.4 Å². The SMILES string of the molecule is CCOC(=O)c1cnc2c3c(nn2C)-c2cc(F)ccc2Oc13. The summed E-state index contributed by atoms with van der Waals surface area (Å²) in [6.45, 7) is 1.97. The summed E-state index contributed by atoms with van der Waals surface area (Å²) in [5.74, 6) is -0.118. The molecule has 2 aromatic heterocycles. The van der Waals surface area contributed by atoms with Crippen molar-refractivity contribution in [3.05, 3.63) is 35.8 Å². The summed E-state index contributed by atoms with van der Waals surface area (Å²) < 4.78 is 26.1. The molecule has 116 valence electrons. The monoisotopic (exact) mass is 313 g/mol. The zero-order chi connectivity index (χ0) is 16.1. The molecule has 3 aromatic rings. The van der Waals surface area contributed by atoms with Crippen molar-refractivity contribution in [3.63, 3.8) is 0 Å². The normalized spacial score (nSPS) is 12.0. The van der Waals surface area contributed by atoms with E-state index in [4.69, 9.17) is 9.47 Å². The van der Waals surface area contributed by atoms with Gasteiger partial charge in [0.15, 0.2) is 11.4 Å². The van der Waals surface area contributed by atoms with Crippen molar-refractivity contribution in [2.24, 2.45) is 7.05 Å². The van der Waals surface area contributed by atoms with Gasteiger partial charge in [-0.2, -0.15) is 5.10 Å². The van der Waals surface area contributed by atoms with Crippen molar-refractivity contribution in [1.29, 1.82) is 0 Å². The Balaban J connectivity index is 2.05. The number of carbonyl (C=O) groups excluding carboxylic acids is 1. The number of benzene rings is 1. The van der Waals surface area contributed by atoms with E-state index in [-0.39, 0.29) is 18.0 Å². The number of aromatic nitrogens is 3. The van der Waals surface area contributed by atoms with Gasteiger partial charge in [-0.1, -0.05) is 0 Å². The number of fused-ring (bicyclic) bond motifs is 2. The lowest BCUT2D eigenvalue weighted by Crippen LogP contribution is -2.09. The first kappa shape index (κ1) is 13.7. The predicted octanol–water partition coefficient (Wildman–Crippen LogP) is 3.06. The van der Waals surface area contributed by atoms with Gasteiger partial charge in [0.2, 0.25) is 0 Å². The van der Waals surface area contributed by atoms with Gasteiger partial charge in [0.05, 0.1) is 12.0 Å². The Hall–Kier alpha value is -2.96. The molecule has 1 aliphatic heterocycles. The fourth-order valence-corrected chi connectivity index (χ4v) is 2.73. The van der Waals surface area contributed by atoms with Gasteiger partial charge < -0.3 is 9.47 Å². The van der Waals surface area contributed by atoms with Gasteiger partial charge in [-0.25, -0.2) is 18.9 Å². The lowest BCUT2D eigenvalue weighted by atomic mass is 10.0. The van der Waals surface area contributed by atoms with Crippen LogP contribution in [0.25, 0.3) is 22.3 Å². The third kappa shape index (κ3) is 1.89. The van der Waals surface area contributed by atoms with E-state index in [0.29, 0.717) is 33.8 Å². The van der Waals surface area contributed by atoms with E-state index < -0.39 is 5.97 Å². The molecule has 0 saturated carbocycles. The van der Waals surface area contributed by atoms with E-state index in [0.717, 1.165) is 0 Å². The standard InChI is InChI=1S/C16H12FN3O3/c1-3-22-16(21)10-7-18-15-12-13(19-20(15)2)9-6-8(17)4-5-11(9)23-14(10)12/h4-7H,3H2,1-2H3. The molecule has 7 heteroatoms. The maximum Gasteiger partial charge on any atom is 0.343 e. The smallest absolute Gasteiger partial charge is 0.343 e. The van der Waals surface area contributed by atoms with Gasteiger partial charge in [-0.3, -0.25) is 0 Å². The predicted molar refractivity (Wildman–Crippen MR) is 79.9 cm³/mol. The number of esters is 1. The lowest BCUT2D eigenvalue weighted by molar-refractivity contribution is 0.0523. The highest BCUT2D eigenvalue weighted by Gasteiger charge is 2.30. The van der Waals surface area contributed by atoms with Crippen LogP contribution in [0, 0.1) is 5.82 Å². The number of aryl methyl sites for hydroxylation is 1. The Kier molecular flexibility index (Phi) is 2.84. The summed E-state index contributed by atoms with van der Waals surface area (Å²) in [6, 6.07) is 4.18. The molecule has 0 aliphatic carbocycles. The minimum absolute atomic E-state index is 0.226. The maximum absolute atomic E-state index is 13.6. The third-order valence-electron chi connectivity index (χ3n) is 3.71. The summed E-state index contributed by atoms with van der Waals surface area (Å²) >= 11 is 0. The average molecular weight is 313 g/mol. The van der Waals surface area contributed by atoms with E-state index in [1.54, 1.807) is 18.7 Å². The van der Waals surface area contributed by atoms with Gasteiger partial charge in [-0.15, -0.1) is 0 Å². The van der Waals surface area contributed by atoms with Crippen LogP contribution in [0.2, 0.25) is 0 Å². The molecule has 4 rings (SSSR count). The second kappa shape index (κ2) is 4.77. The molecule has 1 aromatic carbocycles. The first-order valence-electron chi connectivity index (χ1n) is 7.10. The number of ether oxygens (including phenoxy) is 2. The topological polar surface area (TPSA) is 66.2 Å². The number of rotatable bonds is 2. The average Bonchev–Trinajstić information content (AvgIpc) is 2.87. The molecular weight excluding hydrogens is 301 g/mol. The van der Waals surface area contributed by atoms with Crippen LogP contribution in [0.3, 0.4) is 0 Å². The summed E-state index contributed by atoms with van der Waals surface area (Å²) in [5, 5.41) is 4.98. The first-order valence-corrected chi connectivity index (χ1v) is 7.10. The highest BCUT2D eigenvalue weighted by molar-refractivity contribution is 6.06. The minimum atomic E-state index is -0.516. The second-order valence-electron chi connectivity index (χ2n) is 5.13. The lowest BCUT2D eigenvalue weighted by Gasteiger charge is -2.18. The van der Waals surface area contributed by atoms with Crippen molar-refractivity contribution < 1.29 is 18.7 Å². The molecule has 0 saturated heterocycles. The molecule has 1 aliphatic rings. The first-order chi connectivity index (χ1) is 11.1. The number of pyridine rings is 1. The van der Waals surface area contributed by atoms with Gasteiger partial charge in [0, 0.05) is 18.8 Å². The largest absolute Gasteiger partial charge is 0.462 e. The van der Waals surface area contributed by atoms with Crippen LogP contribution < -0.4 is 4.74 Å². The second-order valence-corrected chi connectivity index (χ2v) is 5.13. The van der Waals surface area contributed by atoms with E-state index in [2.05, 4.69) is 10.1 Å². The zero-order valence-corrected chi connectivity index (χ0v) is 12.5. The van der Waals surface area contributed by atoms with Crippen LogP contribution in [0.1, 0.15) is 17.3 Å². The molecule has 0 radical (unpaired) electrons. The Morgan fingerprint density at radius 3 is 3.04 bits per heavy atom. The summed E-state index contributed by atoms with van der Waals surface area (Å²) in [5.41, 5.74) is 1.85. The molecule has 3 heterocycles. The highest BCUT2D eigenvalue weighted by Crippen LogP contribution is 2.47. The quantitative estimate of drug-likeness (QED) is 0.532. The van der Waals surface area contributed by atoms with E-state index in [9.17, 15) is 9.18 Å². The van der Waals surface area contributed by atoms with Crippen LogP contribution in [-0.2, 0) is 11.8 Å². The molecular formula is C16H12FN3O3. The van der Waals surface area contributed by atoms with Gasteiger partial charge in [0.25, 0.3) is 0 Å². The van der Waals surface area contributed by atoms with Gasteiger partial charge in [-0.05, 0) is 25.1 Å². The molecule has 0 atom stereocenters. The summed E-state index contributed by atoms with van der Waals surface area (Å²) in [6.07, 6.45) is 1.41. The van der Waals surface area contributed by atoms with E-state index in [1.807, 2.05) is 0 Å². The Bertz CT molecular complexity index is 965. The summed E-state index contributed by atoms with van der Waals surface area (Å²) in [7, 11) is 1.73. The Morgan fingerprint density at radius 2 is 2.26 bits per heavy atom. The number of hydrogen-bond acceptors (Lipinski definition) is 5. The third-order valence-corrected chi connectivity index (χ3v) is 3.71. The summed E-state index contributed by atoms with van der Waals surface area (Å²) in [4.78, 5) is 16.4. The molecule has 0 amide bonds. The molecule has 0 unspecified atom stereocenters. The number of hydrogen-bond donors (Lipinski definition) is 0. The fraction of sp³-hybridized carbons (Fsp3) is 0.188. The number of carbonyl (C=O) groups is 1. The number of nitrogens with zero attached hydrogens (tertiary/aromatic N) is 3. The molecule has 23 heavy (non-hydrogen) atoms. The minimum Gasteiger partial charge on any atom is -0.462 e. The molecule has 6 nitrogen and oxygen atoms in total. The maximum atomic E-state index is 13.6. The van der Waals surface area contributed by atoms with Crippen LogP contribution in [0.15, 0.2) is 24.4 Å². The Labute approximate surface area is 130 Å². The molecule has 0 fully saturated rings. The fourth-order valence-electron chi connectivity index (χ4n) is 2.73. The van der Waals surface area contributed by atoms with Gasteiger partial charge in [0.1, 0.15) is 22.8 Å². The van der Waals surface area contributed by atoms with Crippen molar-refractivity contribution >= 4 is 17.0 Å². The van der Waals surface area contributed by atoms with Gasteiger partial charge >= 0.3 is 5.97 Å². The van der Waals surface area contributed by atoms with E-state index >= 15 is 0 Å². The zero-order valence-electron chi connectivity index (χ0n) is 12.5.